The minimum Gasteiger partial charge on any atom is -0.468 e. The van der Waals surface area contributed by atoms with Gasteiger partial charge in [-0.25, -0.2) is 4.39 Å². The lowest BCUT2D eigenvalue weighted by molar-refractivity contribution is -0.149. The number of halogens is 1. The lowest BCUT2D eigenvalue weighted by atomic mass is 9.70. The molecule has 2 unspecified atom stereocenters. The van der Waals surface area contributed by atoms with E-state index < -0.39 is 10.8 Å². The molecule has 160 valence electrons. The minimum atomic E-state index is -1.03. The fourth-order valence-corrected chi connectivity index (χ4v) is 5.71. The Kier molecular flexibility index (Phi) is 4.63. The summed E-state index contributed by atoms with van der Waals surface area (Å²) in [7, 11) is 1.37. The lowest BCUT2D eigenvalue weighted by Crippen LogP contribution is -2.36. The van der Waals surface area contributed by atoms with Crippen LogP contribution in [0, 0.1) is 16.6 Å². The average molecular weight is 426 g/mol. The second kappa shape index (κ2) is 7.27. The van der Waals surface area contributed by atoms with Gasteiger partial charge in [-0.2, -0.15) is 0 Å². The summed E-state index contributed by atoms with van der Waals surface area (Å²) in [4.78, 5) is 27.3. The van der Waals surface area contributed by atoms with Crippen LogP contribution in [0.25, 0.3) is 11.1 Å². The van der Waals surface area contributed by atoms with Crippen LogP contribution in [-0.2, 0) is 16.0 Å². The molecule has 3 aromatic carbocycles. The first-order valence-corrected chi connectivity index (χ1v) is 10.7. The Bertz CT molecular complexity index is 1260. The van der Waals surface area contributed by atoms with Gasteiger partial charge in [0.1, 0.15) is 5.82 Å². The van der Waals surface area contributed by atoms with Gasteiger partial charge >= 0.3 is 5.97 Å². The average Bonchev–Trinajstić information content (AvgIpc) is 3.27. The van der Waals surface area contributed by atoms with Gasteiger partial charge < -0.3 is 4.74 Å². The Morgan fingerprint density at radius 2 is 1.56 bits per heavy atom. The zero-order valence-electron chi connectivity index (χ0n) is 18.0. The van der Waals surface area contributed by atoms with Gasteiger partial charge in [0, 0.05) is 5.56 Å². The summed E-state index contributed by atoms with van der Waals surface area (Å²) < 4.78 is 19.7. The predicted octanol–water partition coefficient (Wildman–Crippen LogP) is 5.74. The molecule has 0 radical (unpaired) electrons. The highest BCUT2D eigenvalue weighted by Gasteiger charge is 2.62. The van der Waals surface area contributed by atoms with E-state index in [2.05, 4.69) is 0 Å². The smallest absolute Gasteiger partial charge is 0.316 e. The molecule has 0 N–H and O–H groups in total. The third-order valence-electron chi connectivity index (χ3n) is 6.94. The molecular weight excluding hydrogens is 403 g/mol. The number of ketones is 1. The number of benzene rings is 3. The SMILES string of the molecule is COC(=O)C12Cc3ccc(F)cc3C1=C(c1ccccc1)C(C)(C(=O)c1ccccc1)C2. The number of hydrogen-bond acceptors (Lipinski definition) is 3. The van der Waals surface area contributed by atoms with Crippen molar-refractivity contribution in [3.05, 3.63) is 107 Å². The molecule has 0 fully saturated rings. The van der Waals surface area contributed by atoms with Crippen LogP contribution in [0.1, 0.15) is 40.4 Å². The molecule has 0 saturated heterocycles. The zero-order chi connectivity index (χ0) is 22.5. The highest BCUT2D eigenvalue weighted by molar-refractivity contribution is 6.19. The van der Waals surface area contributed by atoms with Crippen LogP contribution < -0.4 is 0 Å². The van der Waals surface area contributed by atoms with E-state index in [1.807, 2.05) is 55.5 Å². The predicted molar refractivity (Wildman–Crippen MR) is 121 cm³/mol. The number of fused-ring (bicyclic) bond motifs is 3. The van der Waals surface area contributed by atoms with Crippen LogP contribution in [0.5, 0.6) is 0 Å². The van der Waals surface area contributed by atoms with Crippen molar-refractivity contribution in [2.45, 2.75) is 19.8 Å². The molecular formula is C28H23FO3. The molecule has 3 aromatic rings. The van der Waals surface area contributed by atoms with E-state index in [1.165, 1.54) is 19.2 Å². The number of ether oxygens (including phenoxy) is 1. The quantitative estimate of drug-likeness (QED) is 0.394. The second-order valence-corrected chi connectivity index (χ2v) is 8.87. The minimum absolute atomic E-state index is 0.0555. The third kappa shape index (κ3) is 2.79. The number of methoxy groups -OCH3 is 1. The van der Waals surface area contributed by atoms with Crippen molar-refractivity contribution in [2.75, 3.05) is 7.11 Å². The van der Waals surface area contributed by atoms with Gasteiger partial charge in [0.15, 0.2) is 5.78 Å². The maximum Gasteiger partial charge on any atom is 0.316 e. The van der Waals surface area contributed by atoms with E-state index in [0.717, 1.165) is 22.3 Å². The summed E-state index contributed by atoms with van der Waals surface area (Å²) in [6.07, 6.45) is 0.662. The van der Waals surface area contributed by atoms with Crippen LogP contribution in [-0.4, -0.2) is 18.9 Å². The molecule has 0 amide bonds. The van der Waals surface area contributed by atoms with E-state index >= 15 is 0 Å². The molecule has 32 heavy (non-hydrogen) atoms. The van der Waals surface area contributed by atoms with Crippen molar-refractivity contribution in [3.63, 3.8) is 0 Å². The number of carbonyl (C=O) groups excluding carboxylic acids is 2. The molecule has 2 aliphatic rings. The molecule has 0 bridgehead atoms. The maximum atomic E-state index is 14.4. The number of carbonyl (C=O) groups is 2. The Balaban J connectivity index is 1.85. The van der Waals surface area contributed by atoms with Gasteiger partial charge in [0.2, 0.25) is 0 Å². The Morgan fingerprint density at radius 3 is 2.22 bits per heavy atom. The first kappa shape index (κ1) is 20.4. The monoisotopic (exact) mass is 426 g/mol. The molecule has 0 aromatic heterocycles. The van der Waals surface area contributed by atoms with Crippen LogP contribution in [0.3, 0.4) is 0 Å². The molecule has 2 atom stereocenters. The van der Waals surface area contributed by atoms with Crippen LogP contribution in [0.4, 0.5) is 4.39 Å². The Hall–Kier alpha value is -3.53. The largest absolute Gasteiger partial charge is 0.468 e. The van der Waals surface area contributed by atoms with Crippen molar-refractivity contribution in [1.29, 1.82) is 0 Å². The van der Waals surface area contributed by atoms with Gasteiger partial charge in [-0.15, -0.1) is 0 Å². The van der Waals surface area contributed by atoms with Crippen LogP contribution in [0.2, 0.25) is 0 Å². The number of hydrogen-bond donors (Lipinski definition) is 0. The molecule has 5 rings (SSSR count). The topological polar surface area (TPSA) is 43.4 Å². The molecule has 0 spiro atoms. The maximum absolute atomic E-state index is 14.4. The first-order chi connectivity index (χ1) is 15.4. The number of Topliss-reactive ketones (excluding diaryl/α,β-unsaturated/α-hetero) is 1. The van der Waals surface area contributed by atoms with Crippen molar-refractivity contribution in [2.24, 2.45) is 10.8 Å². The van der Waals surface area contributed by atoms with Crippen molar-refractivity contribution in [1.82, 2.24) is 0 Å². The Morgan fingerprint density at radius 1 is 0.906 bits per heavy atom. The third-order valence-corrected chi connectivity index (χ3v) is 6.94. The fraction of sp³-hybridized carbons (Fsp3) is 0.214. The van der Waals surface area contributed by atoms with E-state index in [4.69, 9.17) is 4.74 Å². The van der Waals surface area contributed by atoms with E-state index in [-0.39, 0.29) is 24.0 Å². The molecule has 0 saturated carbocycles. The number of esters is 1. The van der Waals surface area contributed by atoms with Crippen molar-refractivity contribution in [3.8, 4) is 0 Å². The van der Waals surface area contributed by atoms with Gasteiger partial charge in [-0.3, -0.25) is 9.59 Å². The standard InChI is InChI=1S/C28H23FO3/c1-27(25(30)19-11-7-4-8-12-19)17-28(26(31)32-2)16-20-13-14-21(29)15-22(20)24(28)23(27)18-9-5-3-6-10-18/h3-15H,16-17H2,1-2H3. The van der Waals surface area contributed by atoms with Gasteiger partial charge in [0.25, 0.3) is 0 Å². The summed E-state index contributed by atoms with van der Waals surface area (Å²) in [6.45, 7) is 1.90. The summed E-state index contributed by atoms with van der Waals surface area (Å²) >= 11 is 0. The molecule has 3 nitrogen and oxygen atoms in total. The van der Waals surface area contributed by atoms with Crippen LogP contribution in [0.15, 0.2) is 78.9 Å². The summed E-state index contributed by atoms with van der Waals surface area (Å²) in [6, 6.07) is 23.4. The normalized spacial score (nSPS) is 23.6. The molecule has 2 aliphatic carbocycles. The van der Waals surface area contributed by atoms with Crippen molar-refractivity contribution >= 4 is 22.9 Å². The van der Waals surface area contributed by atoms with Gasteiger partial charge in [-0.05, 0) is 59.7 Å². The van der Waals surface area contributed by atoms with Gasteiger partial charge in [-0.1, -0.05) is 66.7 Å². The van der Waals surface area contributed by atoms with E-state index in [1.54, 1.807) is 18.2 Å². The van der Waals surface area contributed by atoms with E-state index in [0.29, 0.717) is 17.5 Å². The lowest BCUT2D eigenvalue weighted by Gasteiger charge is -2.30. The highest BCUT2D eigenvalue weighted by atomic mass is 19.1. The molecule has 4 heteroatoms. The van der Waals surface area contributed by atoms with Crippen LogP contribution >= 0.6 is 0 Å². The van der Waals surface area contributed by atoms with E-state index in [9.17, 15) is 14.0 Å². The highest BCUT2D eigenvalue weighted by Crippen LogP contribution is 2.66. The Labute approximate surface area is 186 Å². The molecule has 0 aliphatic heterocycles. The summed E-state index contributed by atoms with van der Waals surface area (Å²) in [5.74, 6) is -0.811. The summed E-state index contributed by atoms with van der Waals surface area (Å²) in [5, 5.41) is 0. The number of allylic oxidation sites excluding steroid dienone is 1. The van der Waals surface area contributed by atoms with Crippen molar-refractivity contribution < 1.29 is 18.7 Å². The zero-order valence-corrected chi connectivity index (χ0v) is 18.0. The second-order valence-electron chi connectivity index (χ2n) is 8.87. The molecule has 0 heterocycles. The fourth-order valence-electron chi connectivity index (χ4n) is 5.71. The first-order valence-electron chi connectivity index (χ1n) is 10.7. The summed E-state index contributed by atoms with van der Waals surface area (Å²) in [5.41, 5.74) is 2.53. The number of rotatable bonds is 4. The van der Waals surface area contributed by atoms with Gasteiger partial charge in [0.05, 0.1) is 17.9 Å².